The normalized spacial score (nSPS) is 11.6. The highest BCUT2D eigenvalue weighted by Gasteiger charge is 2.12. The van der Waals surface area contributed by atoms with Gasteiger partial charge in [0.25, 0.3) is 0 Å². The summed E-state index contributed by atoms with van der Waals surface area (Å²) >= 11 is 0. The number of pyridine rings is 2. The zero-order valence-electron chi connectivity index (χ0n) is 15.2. The standard InChI is InChI=1S/C21H18N6/c1-13-14-9-11-22-12-17(14)25-19(24-13)7-8-20-26-21-15-4-3-10-23-16(15)5-6-18(21)27(20)2/h3-6,9-12H,7-8H2,1-2H3. The van der Waals surface area contributed by atoms with Gasteiger partial charge in [0.15, 0.2) is 0 Å². The first kappa shape index (κ1) is 15.8. The van der Waals surface area contributed by atoms with Gasteiger partial charge in [-0.3, -0.25) is 9.97 Å². The molecule has 0 aliphatic carbocycles. The fourth-order valence-corrected chi connectivity index (χ4v) is 3.61. The molecule has 0 aliphatic rings. The molecule has 0 amide bonds. The highest BCUT2D eigenvalue weighted by molar-refractivity contribution is 6.02. The third-order valence-corrected chi connectivity index (χ3v) is 5.03. The Morgan fingerprint density at radius 1 is 0.889 bits per heavy atom. The van der Waals surface area contributed by atoms with Crippen LogP contribution in [0.5, 0.6) is 0 Å². The minimum Gasteiger partial charge on any atom is -0.331 e. The molecule has 5 rings (SSSR count). The van der Waals surface area contributed by atoms with Crippen molar-refractivity contribution in [1.82, 2.24) is 29.5 Å². The van der Waals surface area contributed by atoms with E-state index in [9.17, 15) is 0 Å². The van der Waals surface area contributed by atoms with Gasteiger partial charge in [-0.15, -0.1) is 0 Å². The van der Waals surface area contributed by atoms with Crippen LogP contribution in [-0.4, -0.2) is 29.5 Å². The lowest BCUT2D eigenvalue weighted by molar-refractivity contribution is 0.760. The monoisotopic (exact) mass is 354 g/mol. The van der Waals surface area contributed by atoms with Gasteiger partial charge in [0.2, 0.25) is 0 Å². The smallest absolute Gasteiger partial charge is 0.129 e. The van der Waals surface area contributed by atoms with Crippen LogP contribution >= 0.6 is 0 Å². The zero-order chi connectivity index (χ0) is 18.4. The molecule has 0 saturated heterocycles. The van der Waals surface area contributed by atoms with Crippen molar-refractivity contribution in [3.8, 4) is 0 Å². The molecular formula is C21H18N6. The first-order chi connectivity index (χ1) is 13.2. The average molecular weight is 354 g/mol. The Bertz CT molecular complexity index is 1300. The Kier molecular flexibility index (Phi) is 3.57. The van der Waals surface area contributed by atoms with E-state index in [1.54, 1.807) is 12.4 Å². The Hall–Kier alpha value is -3.41. The molecule has 27 heavy (non-hydrogen) atoms. The predicted octanol–water partition coefficient (Wildman–Crippen LogP) is 3.55. The number of nitrogens with zero attached hydrogens (tertiary/aromatic N) is 6. The minimum atomic E-state index is 0.735. The lowest BCUT2D eigenvalue weighted by Gasteiger charge is -2.05. The lowest BCUT2D eigenvalue weighted by atomic mass is 10.2. The molecular weight excluding hydrogens is 336 g/mol. The van der Waals surface area contributed by atoms with Crippen LogP contribution in [-0.2, 0) is 19.9 Å². The fourth-order valence-electron chi connectivity index (χ4n) is 3.61. The van der Waals surface area contributed by atoms with Gasteiger partial charge in [-0.05, 0) is 37.3 Å². The highest BCUT2D eigenvalue weighted by Crippen LogP contribution is 2.24. The molecule has 4 aromatic heterocycles. The molecule has 0 bridgehead atoms. The summed E-state index contributed by atoms with van der Waals surface area (Å²) in [5, 5.41) is 2.14. The average Bonchev–Trinajstić information content (AvgIpc) is 3.03. The van der Waals surface area contributed by atoms with Crippen molar-refractivity contribution in [2.75, 3.05) is 0 Å². The van der Waals surface area contributed by atoms with Crippen molar-refractivity contribution < 1.29 is 0 Å². The van der Waals surface area contributed by atoms with Gasteiger partial charge in [-0.1, -0.05) is 0 Å². The molecule has 0 aliphatic heterocycles. The quantitative estimate of drug-likeness (QED) is 0.495. The Morgan fingerprint density at radius 3 is 2.74 bits per heavy atom. The molecule has 5 aromatic rings. The van der Waals surface area contributed by atoms with Crippen LogP contribution in [0.25, 0.3) is 32.8 Å². The number of hydrogen-bond donors (Lipinski definition) is 0. The summed E-state index contributed by atoms with van der Waals surface area (Å²) in [5.74, 6) is 1.85. The number of benzene rings is 1. The summed E-state index contributed by atoms with van der Waals surface area (Å²) in [5.41, 5.74) is 4.96. The van der Waals surface area contributed by atoms with E-state index in [1.807, 2.05) is 31.3 Å². The Labute approximate surface area is 156 Å². The highest BCUT2D eigenvalue weighted by atomic mass is 15.1. The van der Waals surface area contributed by atoms with E-state index in [0.717, 1.165) is 63.0 Å². The van der Waals surface area contributed by atoms with E-state index in [2.05, 4.69) is 43.7 Å². The minimum absolute atomic E-state index is 0.735. The van der Waals surface area contributed by atoms with Gasteiger partial charge in [0.05, 0.1) is 28.3 Å². The maximum Gasteiger partial charge on any atom is 0.129 e. The topological polar surface area (TPSA) is 69.4 Å². The van der Waals surface area contributed by atoms with Gasteiger partial charge in [0.1, 0.15) is 11.6 Å². The summed E-state index contributed by atoms with van der Waals surface area (Å²) in [4.78, 5) is 22.8. The van der Waals surface area contributed by atoms with Crippen LogP contribution in [0.15, 0.2) is 48.9 Å². The molecule has 0 atom stereocenters. The molecule has 132 valence electrons. The number of fused-ring (bicyclic) bond motifs is 4. The summed E-state index contributed by atoms with van der Waals surface area (Å²) < 4.78 is 2.15. The van der Waals surface area contributed by atoms with E-state index in [4.69, 9.17) is 4.98 Å². The molecule has 0 N–H and O–H groups in total. The summed E-state index contributed by atoms with van der Waals surface area (Å²) in [7, 11) is 2.06. The van der Waals surface area contributed by atoms with Gasteiger partial charge in [-0.2, -0.15) is 0 Å². The fraction of sp³-hybridized carbons (Fsp3) is 0.190. The number of hydrogen-bond acceptors (Lipinski definition) is 5. The Morgan fingerprint density at radius 2 is 1.81 bits per heavy atom. The molecule has 4 heterocycles. The van der Waals surface area contributed by atoms with Crippen molar-refractivity contribution in [2.24, 2.45) is 7.05 Å². The summed E-state index contributed by atoms with van der Waals surface area (Å²) in [6.07, 6.45) is 6.89. The van der Waals surface area contributed by atoms with E-state index in [1.165, 1.54) is 0 Å². The molecule has 0 radical (unpaired) electrons. The number of aryl methyl sites for hydroxylation is 4. The van der Waals surface area contributed by atoms with Crippen molar-refractivity contribution in [3.63, 3.8) is 0 Å². The van der Waals surface area contributed by atoms with Gasteiger partial charge in [0, 0.05) is 48.7 Å². The maximum absolute atomic E-state index is 4.90. The van der Waals surface area contributed by atoms with Gasteiger partial charge in [-0.25, -0.2) is 15.0 Å². The number of rotatable bonds is 3. The molecule has 6 heteroatoms. The van der Waals surface area contributed by atoms with E-state index in [0.29, 0.717) is 0 Å². The largest absolute Gasteiger partial charge is 0.331 e. The van der Waals surface area contributed by atoms with Gasteiger partial charge >= 0.3 is 0 Å². The second kappa shape index (κ2) is 6.09. The maximum atomic E-state index is 4.90. The van der Waals surface area contributed by atoms with Gasteiger partial charge < -0.3 is 4.57 Å². The molecule has 6 nitrogen and oxygen atoms in total. The van der Waals surface area contributed by atoms with E-state index in [-0.39, 0.29) is 0 Å². The molecule has 0 spiro atoms. The first-order valence-corrected chi connectivity index (χ1v) is 8.97. The van der Waals surface area contributed by atoms with Crippen LogP contribution in [0, 0.1) is 6.92 Å². The van der Waals surface area contributed by atoms with Crippen molar-refractivity contribution in [1.29, 1.82) is 0 Å². The number of imidazole rings is 1. The van der Waals surface area contributed by atoms with Crippen molar-refractivity contribution in [3.05, 3.63) is 66.3 Å². The second-order valence-electron chi connectivity index (χ2n) is 6.71. The summed E-state index contributed by atoms with van der Waals surface area (Å²) in [6, 6.07) is 10.1. The SMILES string of the molecule is Cc1nc(CCc2nc3c4cccnc4ccc3n2C)nc2cnccc12. The zero-order valence-corrected chi connectivity index (χ0v) is 15.2. The van der Waals surface area contributed by atoms with Crippen LogP contribution in [0.2, 0.25) is 0 Å². The molecule has 0 unspecified atom stereocenters. The molecule has 0 saturated carbocycles. The van der Waals surface area contributed by atoms with Crippen molar-refractivity contribution in [2.45, 2.75) is 19.8 Å². The molecule has 0 fully saturated rings. The van der Waals surface area contributed by atoms with E-state index >= 15 is 0 Å². The van der Waals surface area contributed by atoms with Crippen LogP contribution in [0.4, 0.5) is 0 Å². The Balaban J connectivity index is 1.52. The third kappa shape index (κ3) is 2.61. The van der Waals surface area contributed by atoms with Crippen LogP contribution < -0.4 is 0 Å². The number of aromatic nitrogens is 6. The van der Waals surface area contributed by atoms with Crippen molar-refractivity contribution >= 4 is 32.8 Å². The predicted molar refractivity (Wildman–Crippen MR) is 105 cm³/mol. The molecule has 1 aromatic carbocycles. The lowest BCUT2D eigenvalue weighted by Crippen LogP contribution is -2.04. The first-order valence-electron chi connectivity index (χ1n) is 8.97. The van der Waals surface area contributed by atoms with Crippen LogP contribution in [0.1, 0.15) is 17.3 Å². The van der Waals surface area contributed by atoms with Crippen LogP contribution in [0.3, 0.4) is 0 Å². The summed E-state index contributed by atoms with van der Waals surface area (Å²) in [6.45, 7) is 2.02. The van der Waals surface area contributed by atoms with E-state index < -0.39 is 0 Å². The second-order valence-corrected chi connectivity index (χ2v) is 6.71. The third-order valence-electron chi connectivity index (χ3n) is 5.03.